The molecular weight excluding hydrogens is 280 g/mol. The summed E-state index contributed by atoms with van der Waals surface area (Å²) in [4.78, 5) is 12.4. The van der Waals surface area contributed by atoms with Crippen molar-refractivity contribution in [2.45, 2.75) is 20.4 Å². The van der Waals surface area contributed by atoms with Gasteiger partial charge >= 0.3 is 0 Å². The minimum Gasteiger partial charge on any atom is -0.461 e. The molecule has 0 saturated carbocycles. The molecule has 0 unspecified atom stereocenters. The summed E-state index contributed by atoms with van der Waals surface area (Å²) in [5, 5.41) is 6.76. The Bertz CT molecular complexity index is 788. The van der Waals surface area contributed by atoms with Crippen LogP contribution in [0.2, 0.25) is 0 Å². The van der Waals surface area contributed by atoms with Gasteiger partial charge in [0.2, 0.25) is 5.76 Å². The summed E-state index contributed by atoms with van der Waals surface area (Å²) < 4.78 is 10.5. The van der Waals surface area contributed by atoms with Crippen LogP contribution in [0.25, 0.3) is 11.5 Å². The maximum atomic E-state index is 12.4. The molecule has 0 spiro atoms. The molecule has 0 radical (unpaired) electrons. The first kappa shape index (κ1) is 14.1. The summed E-state index contributed by atoms with van der Waals surface area (Å²) in [5.41, 5.74) is 3.14. The number of aromatic nitrogens is 1. The molecule has 0 aliphatic rings. The van der Waals surface area contributed by atoms with Gasteiger partial charge in [-0.3, -0.25) is 4.79 Å². The molecule has 0 aliphatic heterocycles. The monoisotopic (exact) mass is 296 g/mol. The molecule has 2 aromatic heterocycles. The van der Waals surface area contributed by atoms with E-state index < -0.39 is 0 Å². The second-order valence-corrected chi connectivity index (χ2v) is 5.12. The Morgan fingerprint density at radius 1 is 1.23 bits per heavy atom. The van der Waals surface area contributed by atoms with Gasteiger partial charge in [-0.05, 0) is 31.5 Å². The quantitative estimate of drug-likeness (QED) is 0.800. The highest BCUT2D eigenvalue weighted by Crippen LogP contribution is 2.26. The first-order valence-electron chi connectivity index (χ1n) is 6.99. The van der Waals surface area contributed by atoms with Crippen LogP contribution in [0.4, 0.5) is 0 Å². The molecule has 5 heteroatoms. The second kappa shape index (κ2) is 5.89. The van der Waals surface area contributed by atoms with E-state index in [1.807, 2.05) is 31.2 Å². The lowest BCUT2D eigenvalue weighted by molar-refractivity contribution is 0.0950. The summed E-state index contributed by atoms with van der Waals surface area (Å²) in [6.07, 6.45) is 1.53. The zero-order valence-corrected chi connectivity index (χ0v) is 12.4. The number of aryl methyl sites for hydroxylation is 2. The average molecular weight is 296 g/mol. The fourth-order valence-corrected chi connectivity index (χ4v) is 2.31. The summed E-state index contributed by atoms with van der Waals surface area (Å²) in [6.45, 7) is 4.20. The van der Waals surface area contributed by atoms with Gasteiger partial charge in [-0.25, -0.2) is 0 Å². The number of hydrogen-bond donors (Lipinski definition) is 1. The lowest BCUT2D eigenvalue weighted by Gasteiger charge is -2.06. The van der Waals surface area contributed by atoms with Crippen molar-refractivity contribution in [1.82, 2.24) is 10.5 Å². The van der Waals surface area contributed by atoms with Crippen LogP contribution in [0.1, 0.15) is 27.2 Å². The Balaban J connectivity index is 1.80. The average Bonchev–Trinajstić information content (AvgIpc) is 3.14. The van der Waals surface area contributed by atoms with Gasteiger partial charge in [-0.2, -0.15) is 0 Å². The smallest absolute Gasteiger partial charge is 0.257 e. The van der Waals surface area contributed by atoms with E-state index in [0.29, 0.717) is 29.3 Å². The summed E-state index contributed by atoms with van der Waals surface area (Å²) in [6, 6.07) is 11.5. The van der Waals surface area contributed by atoms with Crippen LogP contribution in [-0.2, 0) is 6.54 Å². The minimum absolute atomic E-state index is 0.230. The largest absolute Gasteiger partial charge is 0.461 e. The molecule has 0 saturated heterocycles. The highest BCUT2D eigenvalue weighted by molar-refractivity contribution is 6.00. The van der Waals surface area contributed by atoms with Crippen LogP contribution >= 0.6 is 0 Å². The Kier molecular flexibility index (Phi) is 3.78. The van der Waals surface area contributed by atoms with E-state index in [1.165, 1.54) is 6.26 Å². The van der Waals surface area contributed by atoms with Crippen molar-refractivity contribution >= 4 is 5.91 Å². The van der Waals surface area contributed by atoms with Crippen LogP contribution < -0.4 is 5.32 Å². The SMILES string of the molecule is Cc1cccc(CNC(=O)c2c(C)noc2-c2ccco2)c1. The van der Waals surface area contributed by atoms with Crippen LogP contribution in [0.15, 0.2) is 51.6 Å². The van der Waals surface area contributed by atoms with Gasteiger partial charge in [0.15, 0.2) is 5.76 Å². The van der Waals surface area contributed by atoms with Gasteiger partial charge in [0.25, 0.3) is 5.91 Å². The van der Waals surface area contributed by atoms with E-state index in [-0.39, 0.29) is 5.91 Å². The number of furan rings is 1. The number of benzene rings is 1. The normalized spacial score (nSPS) is 10.6. The van der Waals surface area contributed by atoms with Gasteiger partial charge in [0.05, 0.1) is 12.0 Å². The van der Waals surface area contributed by atoms with Crippen LogP contribution in [0, 0.1) is 13.8 Å². The number of carbonyl (C=O) groups is 1. The molecule has 1 amide bonds. The standard InChI is InChI=1S/C17H16N2O3/c1-11-5-3-6-13(9-11)10-18-17(20)15-12(2)19-22-16(15)14-7-4-8-21-14/h3-9H,10H2,1-2H3,(H,18,20). The van der Waals surface area contributed by atoms with E-state index in [0.717, 1.165) is 11.1 Å². The van der Waals surface area contributed by atoms with E-state index >= 15 is 0 Å². The topological polar surface area (TPSA) is 68.3 Å². The first-order valence-corrected chi connectivity index (χ1v) is 6.99. The maximum Gasteiger partial charge on any atom is 0.257 e. The van der Waals surface area contributed by atoms with E-state index in [1.54, 1.807) is 19.1 Å². The zero-order chi connectivity index (χ0) is 15.5. The fourth-order valence-electron chi connectivity index (χ4n) is 2.31. The predicted molar refractivity (Wildman–Crippen MR) is 81.3 cm³/mol. The molecule has 22 heavy (non-hydrogen) atoms. The predicted octanol–water partition coefficient (Wildman–Crippen LogP) is 3.48. The second-order valence-electron chi connectivity index (χ2n) is 5.12. The molecule has 3 rings (SSSR count). The van der Waals surface area contributed by atoms with Gasteiger partial charge in [0.1, 0.15) is 5.56 Å². The van der Waals surface area contributed by atoms with Crippen molar-refractivity contribution in [2.24, 2.45) is 0 Å². The third-order valence-electron chi connectivity index (χ3n) is 3.37. The lowest BCUT2D eigenvalue weighted by Crippen LogP contribution is -2.23. The number of carbonyl (C=O) groups excluding carboxylic acids is 1. The molecule has 0 bridgehead atoms. The van der Waals surface area contributed by atoms with Crippen LogP contribution in [-0.4, -0.2) is 11.1 Å². The molecule has 3 aromatic rings. The van der Waals surface area contributed by atoms with Crippen molar-refractivity contribution in [3.63, 3.8) is 0 Å². The molecule has 0 fully saturated rings. The van der Waals surface area contributed by atoms with Crippen molar-refractivity contribution < 1.29 is 13.7 Å². The molecule has 112 valence electrons. The molecule has 2 heterocycles. The third-order valence-corrected chi connectivity index (χ3v) is 3.37. The van der Waals surface area contributed by atoms with Gasteiger partial charge in [-0.1, -0.05) is 35.0 Å². The molecule has 0 atom stereocenters. The number of amides is 1. The Hall–Kier alpha value is -2.82. The van der Waals surface area contributed by atoms with Gasteiger partial charge in [-0.15, -0.1) is 0 Å². The van der Waals surface area contributed by atoms with Crippen molar-refractivity contribution in [3.8, 4) is 11.5 Å². The fraction of sp³-hybridized carbons (Fsp3) is 0.176. The third kappa shape index (κ3) is 2.79. The van der Waals surface area contributed by atoms with Crippen LogP contribution in [0.3, 0.4) is 0 Å². The van der Waals surface area contributed by atoms with Crippen LogP contribution in [0.5, 0.6) is 0 Å². The van der Waals surface area contributed by atoms with Gasteiger partial charge < -0.3 is 14.3 Å². The molecule has 5 nitrogen and oxygen atoms in total. The van der Waals surface area contributed by atoms with E-state index in [2.05, 4.69) is 10.5 Å². The van der Waals surface area contributed by atoms with Crippen molar-refractivity contribution in [1.29, 1.82) is 0 Å². The minimum atomic E-state index is -0.230. The highest BCUT2D eigenvalue weighted by atomic mass is 16.5. The summed E-state index contributed by atoms with van der Waals surface area (Å²) in [5.74, 6) is 0.609. The Labute approximate surface area is 127 Å². The molecule has 0 aliphatic carbocycles. The molecule has 1 aromatic carbocycles. The maximum absolute atomic E-state index is 12.4. The summed E-state index contributed by atoms with van der Waals surface area (Å²) in [7, 11) is 0. The number of nitrogens with one attached hydrogen (secondary N) is 1. The number of rotatable bonds is 4. The Morgan fingerprint density at radius 3 is 2.82 bits per heavy atom. The lowest BCUT2D eigenvalue weighted by atomic mass is 10.1. The van der Waals surface area contributed by atoms with Gasteiger partial charge in [0, 0.05) is 6.54 Å². The highest BCUT2D eigenvalue weighted by Gasteiger charge is 2.23. The number of nitrogens with zero attached hydrogens (tertiary/aromatic N) is 1. The Morgan fingerprint density at radius 2 is 2.09 bits per heavy atom. The van der Waals surface area contributed by atoms with E-state index in [4.69, 9.17) is 8.94 Å². The summed E-state index contributed by atoms with van der Waals surface area (Å²) >= 11 is 0. The molecule has 1 N–H and O–H groups in total. The number of hydrogen-bond acceptors (Lipinski definition) is 4. The molecular formula is C17H16N2O3. The van der Waals surface area contributed by atoms with Crippen molar-refractivity contribution in [3.05, 3.63) is 65.0 Å². The first-order chi connectivity index (χ1) is 10.6. The zero-order valence-electron chi connectivity index (χ0n) is 12.4. The van der Waals surface area contributed by atoms with Crippen molar-refractivity contribution in [2.75, 3.05) is 0 Å². The van der Waals surface area contributed by atoms with E-state index in [9.17, 15) is 4.79 Å².